The summed E-state index contributed by atoms with van der Waals surface area (Å²) >= 11 is 0. The number of aliphatic hydroxyl groups is 1. The Kier molecular flexibility index (Phi) is 5.81. The van der Waals surface area contributed by atoms with Crippen LogP contribution in [0.4, 0.5) is 8.78 Å². The fourth-order valence-corrected chi connectivity index (χ4v) is 1.67. The first-order chi connectivity index (χ1) is 9.98. The molecule has 0 aliphatic rings. The van der Waals surface area contributed by atoms with Gasteiger partial charge in [-0.15, -0.1) is 0 Å². The Morgan fingerprint density at radius 3 is 2.14 bits per heavy atom. The van der Waals surface area contributed by atoms with Crippen molar-refractivity contribution in [1.82, 2.24) is 0 Å². The molecule has 0 spiro atoms. The van der Waals surface area contributed by atoms with Crippen molar-refractivity contribution in [2.24, 2.45) is 0 Å². The van der Waals surface area contributed by atoms with Gasteiger partial charge in [0.15, 0.2) is 0 Å². The maximum absolute atomic E-state index is 12.5. The second-order valence-corrected chi connectivity index (χ2v) is 6.16. The Labute approximate surface area is 130 Å². The van der Waals surface area contributed by atoms with Crippen molar-refractivity contribution in [1.29, 1.82) is 0 Å². The van der Waals surface area contributed by atoms with E-state index in [1.165, 1.54) is 13.2 Å². The predicted molar refractivity (Wildman–Crippen MR) is 82.6 cm³/mol. The molecule has 124 valence electrons. The van der Waals surface area contributed by atoms with Crippen molar-refractivity contribution in [3.63, 3.8) is 0 Å². The first-order valence-electron chi connectivity index (χ1n) is 6.96. The van der Waals surface area contributed by atoms with E-state index in [1.807, 2.05) is 0 Å². The summed E-state index contributed by atoms with van der Waals surface area (Å²) < 4.78 is 40.4. The minimum absolute atomic E-state index is 0.0500. The van der Waals surface area contributed by atoms with Crippen LogP contribution in [0.25, 0.3) is 0 Å². The number of methoxy groups -OCH3 is 1. The Balaban J connectivity index is 3.00. The molecule has 0 aliphatic heterocycles. The molecule has 0 heterocycles. The second kappa shape index (κ2) is 6.83. The third-order valence-corrected chi connectivity index (χ3v) is 3.88. The molecule has 0 unspecified atom stereocenters. The first-order valence-corrected chi connectivity index (χ1v) is 6.96. The quantitative estimate of drug-likeness (QED) is 0.783. The lowest BCUT2D eigenvalue weighted by atomic mass is 9.82. The van der Waals surface area contributed by atoms with Gasteiger partial charge < -0.3 is 19.2 Å². The average molecular weight is 316 g/mol. The van der Waals surface area contributed by atoms with E-state index in [4.69, 9.17) is 9.39 Å². The lowest BCUT2D eigenvalue weighted by molar-refractivity contribution is -0.0893. The van der Waals surface area contributed by atoms with Crippen molar-refractivity contribution < 1.29 is 28.0 Å². The number of halogens is 2. The van der Waals surface area contributed by atoms with Crippen LogP contribution in [-0.4, -0.2) is 37.5 Å². The van der Waals surface area contributed by atoms with Crippen LogP contribution in [0.1, 0.15) is 33.3 Å². The van der Waals surface area contributed by atoms with Gasteiger partial charge in [-0.05, 0) is 52.2 Å². The van der Waals surface area contributed by atoms with E-state index in [9.17, 15) is 13.9 Å². The van der Waals surface area contributed by atoms with Crippen molar-refractivity contribution in [2.75, 3.05) is 7.11 Å². The topological polar surface area (TPSA) is 47.9 Å². The van der Waals surface area contributed by atoms with Crippen molar-refractivity contribution in [2.45, 2.75) is 52.4 Å². The van der Waals surface area contributed by atoms with Crippen LogP contribution in [0.3, 0.4) is 0 Å². The minimum Gasteiger partial charge on any atom is -0.496 e. The summed E-state index contributed by atoms with van der Waals surface area (Å²) in [6.45, 7) is 5.54. The van der Waals surface area contributed by atoms with Crippen molar-refractivity contribution in [3.8, 4) is 11.5 Å². The molecule has 0 aliphatic carbocycles. The summed E-state index contributed by atoms with van der Waals surface area (Å²) in [6, 6.07) is 3.19. The molecule has 0 atom stereocenters. The Bertz CT molecular complexity index is 513. The number of hydrogen-bond acceptors (Lipinski definition) is 4. The minimum atomic E-state index is -2.91. The van der Waals surface area contributed by atoms with Crippen LogP contribution in [0.5, 0.6) is 11.5 Å². The summed E-state index contributed by atoms with van der Waals surface area (Å²) in [5, 5.41) is 10.1. The summed E-state index contributed by atoms with van der Waals surface area (Å²) in [6.07, 6.45) is 0. The maximum Gasteiger partial charge on any atom is 0.387 e. The van der Waals surface area contributed by atoms with E-state index in [0.29, 0.717) is 16.8 Å². The highest BCUT2D eigenvalue weighted by Crippen LogP contribution is 2.28. The molecule has 0 radical (unpaired) electrons. The lowest BCUT2D eigenvalue weighted by Gasteiger charge is -2.37. The zero-order chi connectivity index (χ0) is 17.1. The second-order valence-electron chi connectivity index (χ2n) is 6.16. The van der Waals surface area contributed by atoms with Gasteiger partial charge in [-0.2, -0.15) is 8.78 Å². The van der Waals surface area contributed by atoms with Gasteiger partial charge in [0.1, 0.15) is 11.5 Å². The summed E-state index contributed by atoms with van der Waals surface area (Å²) in [7, 11) is 1.59. The van der Waals surface area contributed by atoms with Gasteiger partial charge in [-0.3, -0.25) is 0 Å². The number of rotatable bonds is 7. The standard InChI is InChI=1S/C15H23BF2O4/c1-9-11(20-6)7-10(8-12(9)21-13(17)18)16-22-15(4,5)14(2,3)19/h7-8,13,16,19H,1-6H3. The fourth-order valence-electron chi connectivity index (χ4n) is 1.67. The van der Waals surface area contributed by atoms with Gasteiger partial charge in [-0.25, -0.2) is 0 Å². The summed E-state index contributed by atoms with van der Waals surface area (Å²) in [4.78, 5) is 0. The molecule has 1 aromatic rings. The van der Waals surface area contributed by atoms with Crippen LogP contribution in [0, 0.1) is 6.92 Å². The Morgan fingerprint density at radius 2 is 1.68 bits per heavy atom. The summed E-state index contributed by atoms with van der Waals surface area (Å²) in [5.41, 5.74) is -0.748. The van der Waals surface area contributed by atoms with E-state index in [2.05, 4.69) is 4.74 Å². The van der Waals surface area contributed by atoms with E-state index < -0.39 is 17.8 Å². The van der Waals surface area contributed by atoms with Gasteiger partial charge in [0.05, 0.1) is 18.3 Å². The monoisotopic (exact) mass is 316 g/mol. The molecular weight excluding hydrogens is 293 g/mol. The van der Waals surface area contributed by atoms with E-state index >= 15 is 0 Å². The molecule has 0 fully saturated rings. The molecule has 0 aromatic heterocycles. The maximum atomic E-state index is 12.5. The van der Waals surface area contributed by atoms with Crippen LogP contribution in [-0.2, 0) is 4.65 Å². The largest absolute Gasteiger partial charge is 0.496 e. The van der Waals surface area contributed by atoms with E-state index in [1.54, 1.807) is 40.7 Å². The molecule has 1 N–H and O–H groups in total. The lowest BCUT2D eigenvalue weighted by Crippen LogP contribution is -2.49. The SMILES string of the molecule is COc1cc(BOC(C)(C)C(C)(C)O)cc(OC(F)F)c1C. The van der Waals surface area contributed by atoms with E-state index in [-0.39, 0.29) is 13.2 Å². The number of alkyl halides is 2. The number of benzene rings is 1. The normalized spacial score (nSPS) is 12.5. The third-order valence-electron chi connectivity index (χ3n) is 3.88. The van der Waals surface area contributed by atoms with Gasteiger partial charge in [-0.1, -0.05) is 0 Å². The number of hydrogen-bond donors (Lipinski definition) is 1. The first kappa shape index (κ1) is 18.7. The molecule has 22 heavy (non-hydrogen) atoms. The smallest absolute Gasteiger partial charge is 0.387 e. The van der Waals surface area contributed by atoms with Gasteiger partial charge in [0.25, 0.3) is 0 Å². The van der Waals surface area contributed by atoms with Gasteiger partial charge >= 0.3 is 14.1 Å². The third kappa shape index (κ3) is 4.58. The molecular formula is C15H23BF2O4. The van der Waals surface area contributed by atoms with Gasteiger partial charge in [0, 0.05) is 5.56 Å². The van der Waals surface area contributed by atoms with Crippen LogP contribution >= 0.6 is 0 Å². The molecule has 1 aromatic carbocycles. The van der Waals surface area contributed by atoms with Crippen molar-refractivity contribution >= 4 is 12.9 Å². The van der Waals surface area contributed by atoms with Crippen molar-refractivity contribution in [3.05, 3.63) is 17.7 Å². The molecule has 1 rings (SSSR count). The predicted octanol–water partition coefficient (Wildman–Crippen LogP) is 2.15. The van der Waals surface area contributed by atoms with Crippen LogP contribution in [0.15, 0.2) is 12.1 Å². The highest BCUT2D eigenvalue weighted by Gasteiger charge is 2.35. The molecule has 0 amide bonds. The zero-order valence-electron chi connectivity index (χ0n) is 13.9. The Morgan fingerprint density at radius 1 is 1.14 bits per heavy atom. The molecule has 0 saturated heterocycles. The zero-order valence-corrected chi connectivity index (χ0v) is 13.9. The molecule has 4 nitrogen and oxygen atoms in total. The molecule has 0 saturated carbocycles. The van der Waals surface area contributed by atoms with Crippen LogP contribution in [0.2, 0.25) is 0 Å². The van der Waals surface area contributed by atoms with Gasteiger partial charge in [0.2, 0.25) is 0 Å². The fraction of sp³-hybridized carbons (Fsp3) is 0.600. The highest BCUT2D eigenvalue weighted by atomic mass is 19.3. The van der Waals surface area contributed by atoms with Crippen LogP contribution < -0.4 is 14.9 Å². The molecule has 7 heteroatoms. The Hall–Kier alpha value is -1.34. The average Bonchev–Trinajstić information content (AvgIpc) is 2.37. The number of ether oxygens (including phenoxy) is 2. The molecule has 0 bridgehead atoms. The highest BCUT2D eigenvalue weighted by molar-refractivity contribution is 6.47. The van der Waals surface area contributed by atoms with E-state index in [0.717, 1.165) is 0 Å². The summed E-state index contributed by atoms with van der Waals surface area (Å²) in [5.74, 6) is 0.492.